The summed E-state index contributed by atoms with van der Waals surface area (Å²) < 4.78 is 2.88. The molecule has 1 aromatic carbocycles. The lowest BCUT2D eigenvalue weighted by Crippen LogP contribution is -2.05. The molecular formula is C11H13BrN4. The van der Waals surface area contributed by atoms with Crippen LogP contribution in [-0.2, 0) is 6.54 Å². The van der Waals surface area contributed by atoms with Gasteiger partial charge in [-0.2, -0.15) is 0 Å². The van der Waals surface area contributed by atoms with E-state index in [4.69, 9.17) is 0 Å². The van der Waals surface area contributed by atoms with E-state index in [9.17, 15) is 0 Å². The Kier molecular flexibility index (Phi) is 3.36. The molecule has 0 aliphatic rings. The van der Waals surface area contributed by atoms with Gasteiger partial charge in [0.2, 0.25) is 0 Å². The number of hydrogen-bond donors (Lipinski definition) is 1. The molecule has 5 heteroatoms. The molecule has 0 atom stereocenters. The van der Waals surface area contributed by atoms with Gasteiger partial charge in [-0.1, -0.05) is 27.2 Å². The number of nitrogens with zero attached hydrogens (tertiary/aromatic N) is 3. The summed E-state index contributed by atoms with van der Waals surface area (Å²) in [7, 11) is 1.89. The van der Waals surface area contributed by atoms with Crippen molar-refractivity contribution in [3.05, 3.63) is 40.1 Å². The normalized spacial score (nSPS) is 10.7. The molecule has 1 heterocycles. The Balaban J connectivity index is 2.39. The van der Waals surface area contributed by atoms with Gasteiger partial charge in [0.1, 0.15) is 0 Å². The maximum absolute atomic E-state index is 4.11. The first-order valence-electron chi connectivity index (χ1n) is 5.03. The van der Waals surface area contributed by atoms with Crippen molar-refractivity contribution in [1.82, 2.24) is 20.3 Å². The summed E-state index contributed by atoms with van der Waals surface area (Å²) in [6.07, 6.45) is 1.94. The van der Waals surface area contributed by atoms with Crippen LogP contribution in [0, 0.1) is 6.92 Å². The second kappa shape index (κ2) is 4.76. The molecule has 0 radical (unpaired) electrons. The van der Waals surface area contributed by atoms with Crippen LogP contribution in [0.1, 0.15) is 11.3 Å². The smallest absolute Gasteiger partial charge is 0.0969 e. The molecule has 0 amide bonds. The van der Waals surface area contributed by atoms with Gasteiger partial charge < -0.3 is 5.32 Å². The molecule has 0 spiro atoms. The van der Waals surface area contributed by atoms with Gasteiger partial charge in [-0.05, 0) is 31.7 Å². The second-order valence-electron chi connectivity index (χ2n) is 3.57. The summed E-state index contributed by atoms with van der Waals surface area (Å²) in [4.78, 5) is 0. The van der Waals surface area contributed by atoms with E-state index in [1.54, 1.807) is 4.68 Å². The lowest BCUT2D eigenvalue weighted by Gasteiger charge is -2.05. The predicted octanol–water partition coefficient (Wildman–Crippen LogP) is 2.06. The molecule has 0 bridgehead atoms. The Bertz CT molecular complexity index is 492. The van der Waals surface area contributed by atoms with Crippen LogP contribution in [-0.4, -0.2) is 22.0 Å². The Morgan fingerprint density at radius 3 is 3.00 bits per heavy atom. The van der Waals surface area contributed by atoms with Gasteiger partial charge in [0.25, 0.3) is 0 Å². The summed E-state index contributed by atoms with van der Waals surface area (Å²) in [5.41, 5.74) is 3.13. The summed E-state index contributed by atoms with van der Waals surface area (Å²) in [6.45, 7) is 2.78. The van der Waals surface area contributed by atoms with Gasteiger partial charge in [-0.3, -0.25) is 0 Å². The topological polar surface area (TPSA) is 42.7 Å². The quantitative estimate of drug-likeness (QED) is 0.936. The van der Waals surface area contributed by atoms with E-state index >= 15 is 0 Å². The minimum absolute atomic E-state index is 0.729. The third kappa shape index (κ3) is 2.15. The molecule has 84 valence electrons. The standard InChI is InChI=1S/C11H13BrN4/c1-8-10(12)4-3-5-11(8)16-7-9(6-13-2)14-15-16/h3-5,7,13H,6H2,1-2H3. The lowest BCUT2D eigenvalue weighted by molar-refractivity contribution is 0.765. The first kappa shape index (κ1) is 11.3. The molecule has 2 aromatic rings. The third-order valence-electron chi connectivity index (χ3n) is 2.38. The van der Waals surface area contributed by atoms with Gasteiger partial charge in [-0.25, -0.2) is 4.68 Å². The van der Waals surface area contributed by atoms with Gasteiger partial charge in [0, 0.05) is 11.0 Å². The molecule has 16 heavy (non-hydrogen) atoms. The Morgan fingerprint density at radius 1 is 1.44 bits per heavy atom. The van der Waals surface area contributed by atoms with Gasteiger partial charge in [0.05, 0.1) is 17.6 Å². The molecule has 0 aliphatic heterocycles. The summed E-state index contributed by atoms with van der Waals surface area (Å²) in [6, 6.07) is 6.04. The van der Waals surface area contributed by atoms with Crippen LogP contribution in [0.2, 0.25) is 0 Å². The molecule has 2 rings (SSSR count). The highest BCUT2D eigenvalue weighted by molar-refractivity contribution is 9.10. The van der Waals surface area contributed by atoms with E-state index in [-0.39, 0.29) is 0 Å². The highest BCUT2D eigenvalue weighted by Gasteiger charge is 2.06. The van der Waals surface area contributed by atoms with Gasteiger partial charge in [0.15, 0.2) is 0 Å². The van der Waals surface area contributed by atoms with Crippen LogP contribution in [0.15, 0.2) is 28.9 Å². The molecule has 1 N–H and O–H groups in total. The zero-order valence-electron chi connectivity index (χ0n) is 9.24. The monoisotopic (exact) mass is 280 g/mol. The zero-order chi connectivity index (χ0) is 11.5. The van der Waals surface area contributed by atoms with Crippen LogP contribution in [0.3, 0.4) is 0 Å². The SMILES string of the molecule is CNCc1cn(-c2cccc(Br)c2C)nn1. The number of nitrogens with one attached hydrogen (secondary N) is 1. The maximum atomic E-state index is 4.11. The fraction of sp³-hybridized carbons (Fsp3) is 0.273. The van der Waals surface area contributed by atoms with Crippen LogP contribution in [0.5, 0.6) is 0 Å². The predicted molar refractivity (Wildman–Crippen MR) is 66.6 cm³/mol. The average molecular weight is 281 g/mol. The molecule has 4 nitrogen and oxygen atoms in total. The summed E-state index contributed by atoms with van der Waals surface area (Å²) >= 11 is 3.51. The van der Waals surface area contributed by atoms with E-state index in [0.29, 0.717) is 0 Å². The Hall–Kier alpha value is -1.20. The zero-order valence-corrected chi connectivity index (χ0v) is 10.8. The van der Waals surface area contributed by atoms with E-state index in [2.05, 4.69) is 38.5 Å². The van der Waals surface area contributed by atoms with E-state index < -0.39 is 0 Å². The van der Waals surface area contributed by atoms with Gasteiger partial charge in [-0.15, -0.1) is 5.10 Å². The molecule has 1 aromatic heterocycles. The van der Waals surface area contributed by atoms with Crippen molar-refractivity contribution < 1.29 is 0 Å². The minimum Gasteiger partial charge on any atom is -0.314 e. The number of halogens is 1. The Morgan fingerprint density at radius 2 is 2.25 bits per heavy atom. The largest absolute Gasteiger partial charge is 0.314 e. The first-order valence-corrected chi connectivity index (χ1v) is 5.83. The van der Waals surface area contributed by atoms with Gasteiger partial charge >= 0.3 is 0 Å². The van der Waals surface area contributed by atoms with Crippen molar-refractivity contribution >= 4 is 15.9 Å². The fourth-order valence-electron chi connectivity index (χ4n) is 1.52. The van der Waals surface area contributed by atoms with Crippen LogP contribution in [0.4, 0.5) is 0 Å². The highest BCUT2D eigenvalue weighted by atomic mass is 79.9. The van der Waals surface area contributed by atoms with Crippen LogP contribution in [0.25, 0.3) is 5.69 Å². The van der Waals surface area contributed by atoms with Crippen molar-refractivity contribution in [1.29, 1.82) is 0 Å². The second-order valence-corrected chi connectivity index (χ2v) is 4.42. The van der Waals surface area contributed by atoms with Crippen molar-refractivity contribution in [2.75, 3.05) is 7.05 Å². The summed E-state index contributed by atoms with van der Waals surface area (Å²) in [5, 5.41) is 11.3. The number of aromatic nitrogens is 3. The average Bonchev–Trinajstić information content (AvgIpc) is 2.71. The molecular weight excluding hydrogens is 268 g/mol. The molecule has 0 fully saturated rings. The van der Waals surface area contributed by atoms with E-state index in [1.165, 1.54) is 0 Å². The minimum atomic E-state index is 0.729. The van der Waals surface area contributed by atoms with E-state index in [0.717, 1.165) is 28.0 Å². The van der Waals surface area contributed by atoms with Crippen LogP contribution < -0.4 is 5.32 Å². The Labute approximate surface area is 103 Å². The van der Waals surface area contributed by atoms with Crippen molar-refractivity contribution in [2.45, 2.75) is 13.5 Å². The van der Waals surface area contributed by atoms with Crippen molar-refractivity contribution in [2.24, 2.45) is 0 Å². The molecule has 0 aliphatic carbocycles. The number of hydrogen-bond acceptors (Lipinski definition) is 3. The number of benzene rings is 1. The van der Waals surface area contributed by atoms with Crippen LogP contribution >= 0.6 is 15.9 Å². The van der Waals surface area contributed by atoms with Crippen molar-refractivity contribution in [3.8, 4) is 5.69 Å². The molecule has 0 unspecified atom stereocenters. The number of rotatable bonds is 3. The van der Waals surface area contributed by atoms with E-state index in [1.807, 2.05) is 31.4 Å². The fourth-order valence-corrected chi connectivity index (χ4v) is 1.88. The summed E-state index contributed by atoms with van der Waals surface area (Å²) in [5.74, 6) is 0. The lowest BCUT2D eigenvalue weighted by atomic mass is 10.2. The first-order chi connectivity index (χ1) is 7.72. The van der Waals surface area contributed by atoms with Crippen molar-refractivity contribution in [3.63, 3.8) is 0 Å². The third-order valence-corrected chi connectivity index (χ3v) is 3.24. The molecule has 0 saturated heterocycles. The maximum Gasteiger partial charge on any atom is 0.0969 e. The highest BCUT2D eigenvalue weighted by Crippen LogP contribution is 2.21. The molecule has 0 saturated carbocycles.